The zero-order valence-electron chi connectivity index (χ0n) is 12.9. The Morgan fingerprint density at radius 2 is 2.23 bits per heavy atom. The molecule has 5 heteroatoms. The second kappa shape index (κ2) is 5.72. The number of hydrogen-bond acceptors (Lipinski definition) is 3. The third-order valence-corrected chi connectivity index (χ3v) is 4.59. The van der Waals surface area contributed by atoms with Crippen LogP contribution in [0.15, 0.2) is 16.5 Å². The van der Waals surface area contributed by atoms with E-state index in [-0.39, 0.29) is 11.6 Å². The van der Waals surface area contributed by atoms with Crippen LogP contribution in [0.1, 0.15) is 47.9 Å². The normalized spacial score (nSPS) is 19.7. The van der Waals surface area contributed by atoms with Crippen LogP contribution in [0, 0.1) is 12.7 Å². The minimum atomic E-state index is -1.12. The highest BCUT2D eigenvalue weighted by Gasteiger charge is 2.23. The molecule has 4 nitrogen and oxygen atoms in total. The molecule has 3 rings (SSSR count). The van der Waals surface area contributed by atoms with E-state index in [9.17, 15) is 14.3 Å². The number of halogens is 1. The maximum atomic E-state index is 13.9. The van der Waals surface area contributed by atoms with Gasteiger partial charge >= 0.3 is 5.97 Å². The first-order valence-corrected chi connectivity index (χ1v) is 7.66. The molecule has 1 aliphatic rings. The Morgan fingerprint density at radius 3 is 2.91 bits per heavy atom. The highest BCUT2D eigenvalue weighted by atomic mass is 19.1. The number of piperidine rings is 1. The number of aromatic carboxylic acids is 1. The summed E-state index contributed by atoms with van der Waals surface area (Å²) < 4.78 is 19.5. The topological polar surface area (TPSA) is 53.7 Å². The van der Waals surface area contributed by atoms with Crippen LogP contribution in [0.3, 0.4) is 0 Å². The van der Waals surface area contributed by atoms with E-state index >= 15 is 0 Å². The molecule has 1 fully saturated rings. The van der Waals surface area contributed by atoms with E-state index in [4.69, 9.17) is 4.42 Å². The van der Waals surface area contributed by atoms with Gasteiger partial charge in [0.1, 0.15) is 11.4 Å². The van der Waals surface area contributed by atoms with Crippen LogP contribution in [0.2, 0.25) is 0 Å². The van der Waals surface area contributed by atoms with Gasteiger partial charge in [-0.3, -0.25) is 4.90 Å². The summed E-state index contributed by atoms with van der Waals surface area (Å²) >= 11 is 0. The van der Waals surface area contributed by atoms with Crippen molar-refractivity contribution in [2.45, 2.75) is 45.7 Å². The summed E-state index contributed by atoms with van der Waals surface area (Å²) in [5.41, 5.74) is 1.70. The number of nitrogens with zero attached hydrogens (tertiary/aromatic N) is 1. The molecule has 0 amide bonds. The number of furan rings is 1. The highest BCUT2D eigenvalue weighted by molar-refractivity contribution is 5.95. The molecule has 0 aliphatic carbocycles. The average Bonchev–Trinajstić information content (AvgIpc) is 2.79. The fourth-order valence-corrected chi connectivity index (χ4v) is 3.28. The second-order valence-electron chi connectivity index (χ2n) is 6.12. The molecule has 22 heavy (non-hydrogen) atoms. The van der Waals surface area contributed by atoms with Crippen LogP contribution in [0.25, 0.3) is 11.0 Å². The van der Waals surface area contributed by atoms with Crippen LogP contribution in [-0.4, -0.2) is 28.6 Å². The molecule has 1 aliphatic heterocycles. The molecule has 0 spiro atoms. The van der Waals surface area contributed by atoms with Crippen LogP contribution < -0.4 is 0 Å². The van der Waals surface area contributed by atoms with Crippen LogP contribution in [0.5, 0.6) is 0 Å². The van der Waals surface area contributed by atoms with Gasteiger partial charge in [0, 0.05) is 29.1 Å². The molecule has 1 saturated heterocycles. The molecule has 2 aromatic rings. The van der Waals surface area contributed by atoms with Crippen LogP contribution >= 0.6 is 0 Å². The Labute approximate surface area is 128 Å². The molecule has 1 N–H and O–H groups in total. The Kier molecular flexibility index (Phi) is 3.91. The summed E-state index contributed by atoms with van der Waals surface area (Å²) in [6.07, 6.45) is 3.50. The van der Waals surface area contributed by atoms with Gasteiger partial charge in [-0.25, -0.2) is 9.18 Å². The van der Waals surface area contributed by atoms with Crippen molar-refractivity contribution in [3.63, 3.8) is 0 Å². The summed E-state index contributed by atoms with van der Waals surface area (Å²) in [5, 5.41) is 9.75. The molecule has 0 saturated carbocycles. The van der Waals surface area contributed by atoms with E-state index < -0.39 is 5.97 Å². The minimum absolute atomic E-state index is 0.103. The predicted octanol–water partition coefficient (Wildman–Crippen LogP) is 3.95. The van der Waals surface area contributed by atoms with Gasteiger partial charge in [0.05, 0.1) is 0 Å². The van der Waals surface area contributed by atoms with E-state index in [1.54, 1.807) is 6.92 Å². The van der Waals surface area contributed by atoms with Gasteiger partial charge in [0.2, 0.25) is 5.76 Å². The second-order valence-corrected chi connectivity index (χ2v) is 6.12. The van der Waals surface area contributed by atoms with Gasteiger partial charge < -0.3 is 9.52 Å². The van der Waals surface area contributed by atoms with Crippen molar-refractivity contribution in [1.29, 1.82) is 0 Å². The maximum Gasteiger partial charge on any atom is 0.372 e. The fourth-order valence-electron chi connectivity index (χ4n) is 3.28. The van der Waals surface area contributed by atoms with E-state index in [0.29, 0.717) is 29.1 Å². The Hall–Kier alpha value is -1.88. The number of carboxylic acid groups (broad SMARTS) is 1. The van der Waals surface area contributed by atoms with Crippen molar-refractivity contribution in [3.05, 3.63) is 34.8 Å². The van der Waals surface area contributed by atoms with Crippen molar-refractivity contribution >= 4 is 16.9 Å². The lowest BCUT2D eigenvalue weighted by molar-refractivity contribution is 0.0663. The Morgan fingerprint density at radius 1 is 1.45 bits per heavy atom. The zero-order valence-corrected chi connectivity index (χ0v) is 12.9. The first-order chi connectivity index (χ1) is 10.5. The molecule has 1 unspecified atom stereocenters. The van der Waals surface area contributed by atoms with Gasteiger partial charge in [0.15, 0.2) is 0 Å². The lowest BCUT2D eigenvalue weighted by Crippen LogP contribution is -2.36. The number of fused-ring (bicyclic) bond motifs is 1. The predicted molar refractivity (Wildman–Crippen MR) is 81.6 cm³/mol. The molecule has 2 heterocycles. The summed E-state index contributed by atoms with van der Waals surface area (Å²) in [6, 6.07) is 3.25. The fraction of sp³-hybridized carbons (Fsp3) is 0.471. The summed E-state index contributed by atoms with van der Waals surface area (Å²) in [7, 11) is 0. The van der Waals surface area contributed by atoms with Crippen molar-refractivity contribution in [2.75, 3.05) is 6.54 Å². The van der Waals surface area contributed by atoms with Gasteiger partial charge in [-0.15, -0.1) is 0 Å². The number of aryl methyl sites for hydroxylation is 1. The first kappa shape index (κ1) is 15.0. The van der Waals surface area contributed by atoms with E-state index in [2.05, 4.69) is 11.8 Å². The van der Waals surface area contributed by atoms with Crippen molar-refractivity contribution in [1.82, 2.24) is 4.90 Å². The van der Waals surface area contributed by atoms with Crippen molar-refractivity contribution in [3.8, 4) is 0 Å². The molecule has 1 aromatic carbocycles. The lowest BCUT2D eigenvalue weighted by Gasteiger charge is -2.33. The van der Waals surface area contributed by atoms with E-state index in [1.807, 2.05) is 0 Å². The van der Waals surface area contributed by atoms with Crippen LogP contribution in [0.4, 0.5) is 4.39 Å². The molecule has 1 atom stereocenters. The number of rotatable bonds is 3. The van der Waals surface area contributed by atoms with Gasteiger partial charge in [-0.2, -0.15) is 0 Å². The lowest BCUT2D eigenvalue weighted by atomic mass is 10.0. The zero-order chi connectivity index (χ0) is 15.9. The van der Waals surface area contributed by atoms with Crippen LogP contribution in [-0.2, 0) is 6.54 Å². The first-order valence-electron chi connectivity index (χ1n) is 7.66. The number of carbonyl (C=O) groups is 1. The molecule has 0 radical (unpaired) electrons. The standard InChI is InChI=1S/C17H20FNO3/c1-10-5-3-4-6-19(10)9-12-7-13(18)8-14-11(2)15(17(20)21)22-16(12)14/h7-8,10H,3-6,9H2,1-2H3,(H,20,21). The Balaban J connectivity index is 2.04. The van der Waals surface area contributed by atoms with Crippen molar-refractivity contribution in [2.24, 2.45) is 0 Å². The molecular formula is C17H20FNO3. The van der Waals surface area contributed by atoms with Gasteiger partial charge in [0.25, 0.3) is 0 Å². The third-order valence-electron chi connectivity index (χ3n) is 4.59. The summed E-state index contributed by atoms with van der Waals surface area (Å²) in [5.74, 6) is -1.58. The average molecular weight is 305 g/mol. The molecule has 0 bridgehead atoms. The van der Waals surface area contributed by atoms with E-state index in [0.717, 1.165) is 24.9 Å². The quantitative estimate of drug-likeness (QED) is 0.932. The third kappa shape index (κ3) is 2.61. The van der Waals surface area contributed by atoms with Gasteiger partial charge in [-0.05, 0) is 45.4 Å². The SMILES string of the molecule is Cc1c(C(=O)O)oc2c(CN3CCCCC3C)cc(F)cc12. The van der Waals surface area contributed by atoms with Gasteiger partial charge in [-0.1, -0.05) is 6.42 Å². The molecule has 1 aromatic heterocycles. The smallest absolute Gasteiger partial charge is 0.372 e. The number of hydrogen-bond donors (Lipinski definition) is 1. The summed E-state index contributed by atoms with van der Waals surface area (Å²) in [4.78, 5) is 13.5. The molecule has 118 valence electrons. The number of carboxylic acids is 1. The van der Waals surface area contributed by atoms with Crippen molar-refractivity contribution < 1.29 is 18.7 Å². The minimum Gasteiger partial charge on any atom is -0.475 e. The Bertz CT molecular complexity index is 722. The maximum absolute atomic E-state index is 13.9. The largest absolute Gasteiger partial charge is 0.475 e. The van der Waals surface area contributed by atoms with E-state index in [1.165, 1.54) is 18.6 Å². The highest BCUT2D eigenvalue weighted by Crippen LogP contribution is 2.31. The molecular weight excluding hydrogens is 285 g/mol. The summed E-state index contributed by atoms with van der Waals surface area (Å²) in [6.45, 7) is 5.39. The number of likely N-dealkylation sites (tertiary alicyclic amines) is 1. The monoisotopic (exact) mass is 305 g/mol. The number of benzene rings is 1.